The number of thioether (sulfide) groups is 1. The third-order valence-corrected chi connectivity index (χ3v) is 4.12. The maximum atomic E-state index is 10.8. The third kappa shape index (κ3) is 4.23. The number of nitrogens with one attached hydrogen (secondary N) is 1. The molecule has 1 heterocycles. The van der Waals surface area contributed by atoms with E-state index < -0.39 is 0 Å². The minimum absolute atomic E-state index is 0.0470. The van der Waals surface area contributed by atoms with Crippen molar-refractivity contribution in [2.75, 3.05) is 12.3 Å². The van der Waals surface area contributed by atoms with Gasteiger partial charge in [-0.25, -0.2) is 0 Å². The van der Waals surface area contributed by atoms with Crippen molar-refractivity contribution in [3.63, 3.8) is 0 Å². The van der Waals surface area contributed by atoms with Crippen molar-refractivity contribution < 1.29 is 4.79 Å². The molecule has 4 heteroatoms. The van der Waals surface area contributed by atoms with Gasteiger partial charge in [-0.05, 0) is 36.8 Å². The Hall–Kier alpha value is -1.55. The van der Waals surface area contributed by atoms with Gasteiger partial charge in [0.05, 0.1) is 5.52 Å². The number of para-hydroxylation sites is 1. The van der Waals surface area contributed by atoms with Gasteiger partial charge in [0.1, 0.15) is 0 Å². The fourth-order valence-electron chi connectivity index (χ4n) is 2.14. The van der Waals surface area contributed by atoms with Crippen LogP contribution in [-0.4, -0.2) is 23.2 Å². The number of nitrogens with zero attached hydrogens (tertiary/aromatic N) is 1. The molecule has 1 aromatic heterocycles. The molecule has 106 valence electrons. The van der Waals surface area contributed by atoms with Crippen molar-refractivity contribution in [1.82, 2.24) is 10.3 Å². The number of pyridine rings is 1. The molecule has 0 aliphatic rings. The summed E-state index contributed by atoms with van der Waals surface area (Å²) in [4.78, 5) is 15.3. The number of benzene rings is 1. The van der Waals surface area contributed by atoms with Gasteiger partial charge < -0.3 is 5.32 Å². The Morgan fingerprint density at radius 3 is 2.95 bits per heavy atom. The molecule has 1 amide bonds. The topological polar surface area (TPSA) is 42.0 Å². The number of hydrogen-bond acceptors (Lipinski definition) is 3. The molecule has 2 rings (SSSR count). The number of rotatable bonds is 6. The van der Waals surface area contributed by atoms with Crippen LogP contribution in [0.1, 0.15) is 24.6 Å². The van der Waals surface area contributed by atoms with Gasteiger partial charge in [-0.2, -0.15) is 11.8 Å². The van der Waals surface area contributed by atoms with E-state index in [9.17, 15) is 4.79 Å². The summed E-state index contributed by atoms with van der Waals surface area (Å²) in [5.41, 5.74) is 3.48. The SMILES string of the molecule is CC(=O)NCCCSCc1cc(C)nc2ccccc12. The molecule has 0 aliphatic carbocycles. The van der Waals surface area contributed by atoms with Gasteiger partial charge in [-0.3, -0.25) is 9.78 Å². The van der Waals surface area contributed by atoms with E-state index in [1.54, 1.807) is 6.92 Å². The highest BCUT2D eigenvalue weighted by Gasteiger charge is 2.03. The Bertz CT molecular complexity index is 598. The number of carbonyl (C=O) groups excluding carboxylic acids is 1. The maximum absolute atomic E-state index is 10.8. The monoisotopic (exact) mass is 288 g/mol. The van der Waals surface area contributed by atoms with E-state index in [0.29, 0.717) is 0 Å². The van der Waals surface area contributed by atoms with Crippen LogP contribution in [0.15, 0.2) is 30.3 Å². The van der Waals surface area contributed by atoms with E-state index in [1.165, 1.54) is 10.9 Å². The van der Waals surface area contributed by atoms with Crippen LogP contribution in [0.25, 0.3) is 10.9 Å². The average molecular weight is 288 g/mol. The second kappa shape index (κ2) is 7.29. The normalized spacial score (nSPS) is 10.7. The molecular formula is C16H20N2OS. The minimum Gasteiger partial charge on any atom is -0.356 e. The maximum Gasteiger partial charge on any atom is 0.216 e. The summed E-state index contributed by atoms with van der Waals surface area (Å²) in [6.07, 6.45) is 1.01. The summed E-state index contributed by atoms with van der Waals surface area (Å²) < 4.78 is 0. The molecule has 3 nitrogen and oxygen atoms in total. The van der Waals surface area contributed by atoms with Gasteiger partial charge in [0, 0.05) is 30.3 Å². The zero-order chi connectivity index (χ0) is 14.4. The number of hydrogen-bond donors (Lipinski definition) is 1. The van der Waals surface area contributed by atoms with Gasteiger partial charge in [0.25, 0.3) is 0 Å². The molecule has 0 bridgehead atoms. The van der Waals surface area contributed by atoms with E-state index in [0.717, 1.165) is 35.7 Å². The second-order valence-corrected chi connectivity index (χ2v) is 5.93. The number of carbonyl (C=O) groups is 1. The van der Waals surface area contributed by atoms with E-state index >= 15 is 0 Å². The van der Waals surface area contributed by atoms with Crippen LogP contribution in [0.2, 0.25) is 0 Å². The molecule has 0 spiro atoms. The second-order valence-electron chi connectivity index (χ2n) is 4.83. The number of aryl methyl sites for hydroxylation is 1. The molecule has 1 aromatic carbocycles. The van der Waals surface area contributed by atoms with Crippen molar-refractivity contribution in [1.29, 1.82) is 0 Å². The molecule has 0 aliphatic heterocycles. The summed E-state index contributed by atoms with van der Waals surface area (Å²) in [7, 11) is 0. The van der Waals surface area contributed by atoms with Crippen LogP contribution < -0.4 is 5.32 Å². The fraction of sp³-hybridized carbons (Fsp3) is 0.375. The molecule has 20 heavy (non-hydrogen) atoms. The highest BCUT2D eigenvalue weighted by atomic mass is 32.2. The first-order chi connectivity index (χ1) is 9.66. The molecule has 0 radical (unpaired) electrons. The highest BCUT2D eigenvalue weighted by Crippen LogP contribution is 2.22. The van der Waals surface area contributed by atoms with E-state index in [-0.39, 0.29) is 5.91 Å². The molecule has 1 N–H and O–H groups in total. The van der Waals surface area contributed by atoms with Crippen LogP contribution in [0, 0.1) is 6.92 Å². The molecule has 0 fully saturated rings. The number of fused-ring (bicyclic) bond motifs is 1. The Labute approximate surface area is 124 Å². The first kappa shape index (κ1) is 14.9. The average Bonchev–Trinajstić information content (AvgIpc) is 2.42. The molecule has 0 saturated heterocycles. The lowest BCUT2D eigenvalue weighted by molar-refractivity contribution is -0.118. The smallest absolute Gasteiger partial charge is 0.216 e. The molecule has 0 saturated carbocycles. The first-order valence-electron chi connectivity index (χ1n) is 6.84. The lowest BCUT2D eigenvalue weighted by Gasteiger charge is -2.08. The first-order valence-corrected chi connectivity index (χ1v) is 8.00. The molecular weight excluding hydrogens is 268 g/mol. The van der Waals surface area contributed by atoms with Gasteiger partial charge >= 0.3 is 0 Å². The highest BCUT2D eigenvalue weighted by molar-refractivity contribution is 7.98. The molecule has 0 unspecified atom stereocenters. The van der Waals surface area contributed by atoms with Crippen molar-refractivity contribution in [2.45, 2.75) is 26.0 Å². The molecule has 2 aromatic rings. The quantitative estimate of drug-likeness (QED) is 0.829. The van der Waals surface area contributed by atoms with Crippen molar-refractivity contribution in [3.05, 3.63) is 41.6 Å². The number of amides is 1. The van der Waals surface area contributed by atoms with Gasteiger partial charge in [-0.1, -0.05) is 18.2 Å². The zero-order valence-electron chi connectivity index (χ0n) is 12.0. The van der Waals surface area contributed by atoms with Gasteiger partial charge in [0.2, 0.25) is 5.91 Å². The Kier molecular flexibility index (Phi) is 5.41. The predicted molar refractivity (Wildman–Crippen MR) is 85.9 cm³/mol. The van der Waals surface area contributed by atoms with E-state index in [4.69, 9.17) is 0 Å². The Balaban J connectivity index is 1.91. The lowest BCUT2D eigenvalue weighted by atomic mass is 10.1. The van der Waals surface area contributed by atoms with Crippen LogP contribution in [-0.2, 0) is 10.5 Å². The zero-order valence-corrected chi connectivity index (χ0v) is 12.8. The Morgan fingerprint density at radius 1 is 1.35 bits per heavy atom. The minimum atomic E-state index is 0.0470. The van der Waals surface area contributed by atoms with Gasteiger partial charge in [-0.15, -0.1) is 0 Å². The van der Waals surface area contributed by atoms with Gasteiger partial charge in [0.15, 0.2) is 0 Å². The summed E-state index contributed by atoms with van der Waals surface area (Å²) in [5, 5.41) is 4.06. The van der Waals surface area contributed by atoms with Crippen LogP contribution in [0.3, 0.4) is 0 Å². The fourth-order valence-corrected chi connectivity index (χ4v) is 3.09. The third-order valence-electron chi connectivity index (χ3n) is 3.03. The summed E-state index contributed by atoms with van der Waals surface area (Å²) in [5.74, 6) is 2.09. The largest absolute Gasteiger partial charge is 0.356 e. The lowest BCUT2D eigenvalue weighted by Crippen LogP contribution is -2.21. The van der Waals surface area contributed by atoms with E-state index in [2.05, 4.69) is 34.6 Å². The van der Waals surface area contributed by atoms with E-state index in [1.807, 2.05) is 24.8 Å². The van der Waals surface area contributed by atoms with Crippen LogP contribution >= 0.6 is 11.8 Å². The Morgan fingerprint density at radius 2 is 2.15 bits per heavy atom. The number of aromatic nitrogens is 1. The van der Waals surface area contributed by atoms with Crippen LogP contribution in [0.4, 0.5) is 0 Å². The standard InChI is InChI=1S/C16H20N2OS/c1-12-10-14(11-20-9-5-8-17-13(2)19)15-6-3-4-7-16(15)18-12/h3-4,6-7,10H,5,8-9,11H2,1-2H3,(H,17,19). The summed E-state index contributed by atoms with van der Waals surface area (Å²) >= 11 is 1.90. The van der Waals surface area contributed by atoms with Crippen molar-refractivity contribution >= 4 is 28.6 Å². The predicted octanol–water partition coefficient (Wildman–Crippen LogP) is 3.30. The van der Waals surface area contributed by atoms with Crippen molar-refractivity contribution in [3.8, 4) is 0 Å². The molecule has 0 atom stereocenters. The summed E-state index contributed by atoms with van der Waals surface area (Å²) in [6.45, 7) is 4.36. The van der Waals surface area contributed by atoms with Crippen molar-refractivity contribution in [2.24, 2.45) is 0 Å². The van der Waals surface area contributed by atoms with Crippen LogP contribution in [0.5, 0.6) is 0 Å². The summed E-state index contributed by atoms with van der Waals surface area (Å²) in [6, 6.07) is 10.5.